The van der Waals surface area contributed by atoms with Gasteiger partial charge in [0.1, 0.15) is 5.82 Å². The summed E-state index contributed by atoms with van der Waals surface area (Å²) in [4.78, 5) is 4.55. The molecule has 0 saturated carbocycles. The third-order valence-electron chi connectivity index (χ3n) is 3.26. The fourth-order valence-corrected chi connectivity index (χ4v) is 2.61. The van der Waals surface area contributed by atoms with E-state index < -0.39 is 0 Å². The minimum Gasteiger partial charge on any atom is -0.321 e. The zero-order chi connectivity index (χ0) is 12.7. The van der Waals surface area contributed by atoms with Crippen molar-refractivity contribution in [2.75, 3.05) is 0 Å². The van der Waals surface area contributed by atoms with E-state index in [-0.39, 0.29) is 6.04 Å². The van der Waals surface area contributed by atoms with E-state index >= 15 is 0 Å². The monoisotopic (exact) mass is 262 g/mol. The summed E-state index contributed by atoms with van der Waals surface area (Å²) in [5.74, 6) is 2.13. The molecule has 0 bridgehead atoms. The molecule has 2 unspecified atom stereocenters. The zero-order valence-electron chi connectivity index (χ0n) is 10.2. The number of nitrogens with two attached hydrogens (primary N) is 1. The lowest BCUT2D eigenvalue weighted by Crippen LogP contribution is -2.27. The van der Waals surface area contributed by atoms with E-state index in [1.165, 1.54) is 0 Å². The van der Waals surface area contributed by atoms with Crippen LogP contribution >= 0.6 is 11.6 Å². The molecule has 2 heterocycles. The SMILES string of the molecule is CC1CC(N)c2nc(-c3cccc(Cl)c3)nn2C1. The van der Waals surface area contributed by atoms with Crippen LogP contribution in [0.15, 0.2) is 24.3 Å². The number of halogens is 1. The molecular weight excluding hydrogens is 248 g/mol. The maximum absolute atomic E-state index is 6.11. The third kappa shape index (κ3) is 2.02. The normalized spacial score (nSPS) is 22.8. The Kier molecular flexibility index (Phi) is 2.84. The predicted molar refractivity (Wildman–Crippen MR) is 71.2 cm³/mol. The third-order valence-corrected chi connectivity index (χ3v) is 3.49. The number of nitrogens with zero attached hydrogens (tertiary/aromatic N) is 3. The Morgan fingerprint density at radius 2 is 2.28 bits per heavy atom. The van der Waals surface area contributed by atoms with Gasteiger partial charge >= 0.3 is 0 Å². The van der Waals surface area contributed by atoms with Crippen molar-refractivity contribution in [2.45, 2.75) is 25.9 Å². The molecule has 2 aromatic rings. The second-order valence-electron chi connectivity index (χ2n) is 4.93. The van der Waals surface area contributed by atoms with Crippen LogP contribution in [0.2, 0.25) is 5.02 Å². The van der Waals surface area contributed by atoms with E-state index in [1.54, 1.807) is 0 Å². The Hall–Kier alpha value is -1.39. The molecule has 0 radical (unpaired) electrons. The maximum Gasteiger partial charge on any atom is 0.181 e. The van der Waals surface area contributed by atoms with E-state index in [1.807, 2.05) is 28.9 Å². The number of fused-ring (bicyclic) bond motifs is 1. The van der Waals surface area contributed by atoms with E-state index in [9.17, 15) is 0 Å². The lowest BCUT2D eigenvalue weighted by Gasteiger charge is -2.23. The fraction of sp³-hybridized carbons (Fsp3) is 0.385. The van der Waals surface area contributed by atoms with Gasteiger partial charge in [-0.25, -0.2) is 9.67 Å². The minimum absolute atomic E-state index is 0.0193. The molecule has 0 saturated heterocycles. The topological polar surface area (TPSA) is 56.7 Å². The van der Waals surface area contributed by atoms with Crippen molar-refractivity contribution < 1.29 is 0 Å². The molecule has 0 amide bonds. The second kappa shape index (κ2) is 4.37. The summed E-state index contributed by atoms with van der Waals surface area (Å²) in [6.07, 6.45) is 0.966. The van der Waals surface area contributed by atoms with Gasteiger partial charge in [-0.3, -0.25) is 0 Å². The summed E-state index contributed by atoms with van der Waals surface area (Å²) in [5, 5.41) is 5.22. The Morgan fingerprint density at radius 1 is 1.44 bits per heavy atom. The second-order valence-corrected chi connectivity index (χ2v) is 5.37. The number of rotatable bonds is 1. The first-order chi connectivity index (χ1) is 8.63. The van der Waals surface area contributed by atoms with Gasteiger partial charge in [0.2, 0.25) is 0 Å². The van der Waals surface area contributed by atoms with Crippen molar-refractivity contribution in [3.05, 3.63) is 35.1 Å². The highest BCUT2D eigenvalue weighted by atomic mass is 35.5. The van der Waals surface area contributed by atoms with Crippen LogP contribution in [0.5, 0.6) is 0 Å². The summed E-state index contributed by atoms with van der Waals surface area (Å²) >= 11 is 5.99. The highest BCUT2D eigenvalue weighted by Crippen LogP contribution is 2.28. The largest absolute Gasteiger partial charge is 0.321 e. The molecule has 0 spiro atoms. The molecule has 4 nitrogen and oxygen atoms in total. The first-order valence-corrected chi connectivity index (χ1v) is 6.47. The number of hydrogen-bond donors (Lipinski definition) is 1. The van der Waals surface area contributed by atoms with Crippen LogP contribution in [0.25, 0.3) is 11.4 Å². The molecule has 1 aromatic carbocycles. The predicted octanol–water partition coefficient (Wildman–Crippen LogP) is 2.64. The summed E-state index contributed by atoms with van der Waals surface area (Å²) in [6, 6.07) is 7.56. The standard InChI is InChI=1S/C13H15ClN4/c1-8-5-11(15)13-16-12(17-18(13)7-8)9-3-2-4-10(14)6-9/h2-4,6,8,11H,5,7,15H2,1H3. The van der Waals surface area contributed by atoms with Gasteiger partial charge in [0.25, 0.3) is 0 Å². The summed E-state index contributed by atoms with van der Waals surface area (Å²) in [7, 11) is 0. The average Bonchev–Trinajstić information content (AvgIpc) is 2.73. The molecule has 3 rings (SSSR count). The van der Waals surface area contributed by atoms with Gasteiger partial charge in [-0.2, -0.15) is 5.10 Å². The van der Waals surface area contributed by atoms with Gasteiger partial charge in [0.15, 0.2) is 5.82 Å². The van der Waals surface area contributed by atoms with Crippen LogP contribution in [0.4, 0.5) is 0 Å². The Labute approximate surface area is 111 Å². The Balaban J connectivity index is 2.03. The van der Waals surface area contributed by atoms with Crippen molar-refractivity contribution in [1.82, 2.24) is 14.8 Å². The van der Waals surface area contributed by atoms with Crippen LogP contribution in [-0.2, 0) is 6.54 Å². The average molecular weight is 263 g/mol. The van der Waals surface area contributed by atoms with Gasteiger partial charge in [-0.15, -0.1) is 0 Å². The quantitative estimate of drug-likeness (QED) is 0.860. The molecule has 0 fully saturated rings. The molecule has 2 N–H and O–H groups in total. The van der Waals surface area contributed by atoms with Crippen molar-refractivity contribution in [2.24, 2.45) is 11.7 Å². The van der Waals surface area contributed by atoms with Crippen molar-refractivity contribution >= 4 is 11.6 Å². The summed E-state index contributed by atoms with van der Waals surface area (Å²) in [6.45, 7) is 3.07. The number of aromatic nitrogens is 3. The van der Waals surface area contributed by atoms with Gasteiger partial charge in [-0.05, 0) is 24.5 Å². The zero-order valence-corrected chi connectivity index (χ0v) is 10.9. The maximum atomic E-state index is 6.11. The highest BCUT2D eigenvalue weighted by Gasteiger charge is 2.25. The van der Waals surface area contributed by atoms with Gasteiger partial charge in [0, 0.05) is 17.1 Å². The van der Waals surface area contributed by atoms with Crippen molar-refractivity contribution in [3.8, 4) is 11.4 Å². The summed E-state index contributed by atoms with van der Waals surface area (Å²) in [5.41, 5.74) is 7.04. The van der Waals surface area contributed by atoms with Crippen LogP contribution in [0.1, 0.15) is 25.2 Å². The van der Waals surface area contributed by atoms with E-state index in [4.69, 9.17) is 17.3 Å². The van der Waals surface area contributed by atoms with E-state index in [0.29, 0.717) is 16.8 Å². The molecule has 2 atom stereocenters. The molecule has 94 valence electrons. The summed E-state index contributed by atoms with van der Waals surface area (Å²) < 4.78 is 1.93. The fourth-order valence-electron chi connectivity index (χ4n) is 2.42. The van der Waals surface area contributed by atoms with E-state index in [2.05, 4.69) is 17.0 Å². The van der Waals surface area contributed by atoms with Crippen LogP contribution in [0, 0.1) is 5.92 Å². The lowest BCUT2D eigenvalue weighted by atomic mass is 9.98. The van der Waals surface area contributed by atoms with Gasteiger partial charge < -0.3 is 5.73 Å². The van der Waals surface area contributed by atoms with Crippen LogP contribution < -0.4 is 5.73 Å². The van der Waals surface area contributed by atoms with Crippen LogP contribution in [-0.4, -0.2) is 14.8 Å². The molecular formula is C13H15ClN4. The van der Waals surface area contributed by atoms with Crippen LogP contribution in [0.3, 0.4) is 0 Å². The highest BCUT2D eigenvalue weighted by molar-refractivity contribution is 6.30. The molecule has 1 aliphatic rings. The number of benzene rings is 1. The lowest BCUT2D eigenvalue weighted by molar-refractivity contribution is 0.325. The molecule has 1 aromatic heterocycles. The van der Waals surface area contributed by atoms with Gasteiger partial charge in [-0.1, -0.05) is 30.7 Å². The van der Waals surface area contributed by atoms with Crippen molar-refractivity contribution in [3.63, 3.8) is 0 Å². The Morgan fingerprint density at radius 3 is 3.06 bits per heavy atom. The molecule has 5 heteroatoms. The first-order valence-electron chi connectivity index (χ1n) is 6.10. The molecule has 1 aliphatic heterocycles. The van der Waals surface area contributed by atoms with E-state index in [0.717, 1.165) is 24.4 Å². The number of hydrogen-bond acceptors (Lipinski definition) is 3. The molecule has 18 heavy (non-hydrogen) atoms. The first kappa shape index (κ1) is 11.7. The molecule has 0 aliphatic carbocycles. The smallest absolute Gasteiger partial charge is 0.181 e. The Bertz CT molecular complexity index is 578. The minimum atomic E-state index is -0.0193. The van der Waals surface area contributed by atoms with Gasteiger partial charge in [0.05, 0.1) is 6.04 Å². The van der Waals surface area contributed by atoms with Crippen molar-refractivity contribution in [1.29, 1.82) is 0 Å².